The lowest BCUT2D eigenvalue weighted by Crippen LogP contribution is -2.30. The van der Waals surface area contributed by atoms with Gasteiger partial charge in [-0.3, -0.25) is 0 Å². The number of rotatable bonds is 2. The van der Waals surface area contributed by atoms with Crippen LogP contribution in [0.3, 0.4) is 0 Å². The second-order valence-electron chi connectivity index (χ2n) is 3.50. The molecule has 1 heterocycles. The monoisotopic (exact) mass is 200 g/mol. The molecule has 1 aromatic heterocycles. The van der Waals surface area contributed by atoms with Gasteiger partial charge in [0.05, 0.1) is 5.02 Å². The third kappa shape index (κ3) is 3.20. The zero-order valence-corrected chi connectivity index (χ0v) is 8.68. The number of hydrogen-bond donors (Lipinski definition) is 2. The fourth-order valence-corrected chi connectivity index (χ4v) is 1.02. The molecule has 3 nitrogen and oxygen atoms in total. The van der Waals surface area contributed by atoms with E-state index in [4.69, 9.17) is 11.6 Å². The molecule has 0 saturated carbocycles. The summed E-state index contributed by atoms with van der Waals surface area (Å²) >= 11 is 5.80. The highest BCUT2D eigenvalue weighted by atomic mass is 35.5. The van der Waals surface area contributed by atoms with Crippen LogP contribution in [0.1, 0.15) is 19.4 Å². The van der Waals surface area contributed by atoms with E-state index < -0.39 is 5.72 Å². The Hall–Kier alpha value is -0.800. The first kappa shape index (κ1) is 10.3. The molecule has 72 valence electrons. The van der Waals surface area contributed by atoms with Crippen LogP contribution in [0.2, 0.25) is 5.02 Å². The molecular weight excluding hydrogens is 188 g/mol. The number of nitrogens with one attached hydrogen (secondary N) is 1. The molecule has 2 N–H and O–H groups in total. The maximum Gasteiger partial charge on any atom is 0.130 e. The van der Waals surface area contributed by atoms with Crippen molar-refractivity contribution in [2.45, 2.75) is 26.5 Å². The van der Waals surface area contributed by atoms with Crippen LogP contribution >= 0.6 is 11.6 Å². The van der Waals surface area contributed by atoms with Crippen LogP contribution in [0, 0.1) is 6.92 Å². The molecule has 0 spiro atoms. The average Bonchev–Trinajstić information content (AvgIpc) is 1.94. The van der Waals surface area contributed by atoms with Gasteiger partial charge in [0.1, 0.15) is 11.5 Å². The number of nitrogens with zero attached hydrogens (tertiary/aromatic N) is 1. The number of hydrogen-bond acceptors (Lipinski definition) is 3. The van der Waals surface area contributed by atoms with Gasteiger partial charge in [-0.15, -0.1) is 0 Å². The Balaban J connectivity index is 2.86. The fourth-order valence-electron chi connectivity index (χ4n) is 0.921. The smallest absolute Gasteiger partial charge is 0.130 e. The fraction of sp³-hybridized carbons (Fsp3) is 0.444. The van der Waals surface area contributed by atoms with E-state index in [1.807, 2.05) is 6.92 Å². The van der Waals surface area contributed by atoms with Crippen molar-refractivity contribution in [3.05, 3.63) is 22.8 Å². The van der Waals surface area contributed by atoms with Crippen LogP contribution in [0.25, 0.3) is 0 Å². The molecule has 0 bridgehead atoms. The zero-order chi connectivity index (χ0) is 10.1. The van der Waals surface area contributed by atoms with Crippen molar-refractivity contribution in [2.75, 3.05) is 5.32 Å². The molecule has 13 heavy (non-hydrogen) atoms. The Morgan fingerprint density at radius 2 is 2.15 bits per heavy atom. The summed E-state index contributed by atoms with van der Waals surface area (Å²) in [4.78, 5) is 4.02. The van der Waals surface area contributed by atoms with E-state index in [-0.39, 0.29) is 0 Å². The van der Waals surface area contributed by atoms with Gasteiger partial charge in [0, 0.05) is 6.20 Å². The van der Waals surface area contributed by atoms with Gasteiger partial charge in [-0.25, -0.2) is 4.98 Å². The van der Waals surface area contributed by atoms with Crippen molar-refractivity contribution in [1.29, 1.82) is 0 Å². The number of aliphatic hydroxyl groups is 1. The number of pyridine rings is 1. The Kier molecular flexibility index (Phi) is 2.78. The van der Waals surface area contributed by atoms with Crippen LogP contribution in [0.15, 0.2) is 12.3 Å². The first-order valence-corrected chi connectivity index (χ1v) is 4.39. The van der Waals surface area contributed by atoms with Gasteiger partial charge < -0.3 is 10.4 Å². The summed E-state index contributed by atoms with van der Waals surface area (Å²) in [7, 11) is 0. The minimum Gasteiger partial charge on any atom is -0.372 e. The largest absolute Gasteiger partial charge is 0.372 e. The van der Waals surface area contributed by atoms with Crippen LogP contribution in [0.5, 0.6) is 0 Å². The highest BCUT2D eigenvalue weighted by molar-refractivity contribution is 6.31. The summed E-state index contributed by atoms with van der Waals surface area (Å²) in [6.07, 6.45) is 1.56. The third-order valence-electron chi connectivity index (χ3n) is 1.48. The van der Waals surface area contributed by atoms with E-state index >= 15 is 0 Å². The topological polar surface area (TPSA) is 45.1 Å². The maximum absolute atomic E-state index is 9.45. The van der Waals surface area contributed by atoms with Gasteiger partial charge in [-0.2, -0.15) is 0 Å². The summed E-state index contributed by atoms with van der Waals surface area (Å²) in [6.45, 7) is 5.19. The van der Waals surface area contributed by atoms with Gasteiger partial charge in [0.2, 0.25) is 0 Å². The van der Waals surface area contributed by atoms with E-state index in [9.17, 15) is 5.11 Å². The molecule has 0 atom stereocenters. The van der Waals surface area contributed by atoms with Gasteiger partial charge in [0.25, 0.3) is 0 Å². The quantitative estimate of drug-likeness (QED) is 0.720. The van der Waals surface area contributed by atoms with E-state index in [2.05, 4.69) is 10.3 Å². The van der Waals surface area contributed by atoms with E-state index in [0.29, 0.717) is 10.8 Å². The van der Waals surface area contributed by atoms with Crippen molar-refractivity contribution in [3.63, 3.8) is 0 Å². The normalized spacial score (nSPS) is 11.5. The lowest BCUT2D eigenvalue weighted by molar-refractivity contribution is 0.111. The molecule has 0 fully saturated rings. The lowest BCUT2D eigenvalue weighted by atomic mass is 10.2. The SMILES string of the molecule is Cc1cc(NC(C)(C)O)ncc1Cl. The molecule has 0 aromatic carbocycles. The van der Waals surface area contributed by atoms with Gasteiger partial charge in [-0.05, 0) is 32.4 Å². The van der Waals surface area contributed by atoms with Crippen LogP contribution in [0.4, 0.5) is 5.82 Å². The molecule has 0 unspecified atom stereocenters. The second kappa shape index (κ2) is 3.52. The highest BCUT2D eigenvalue weighted by Gasteiger charge is 2.12. The molecule has 0 amide bonds. The summed E-state index contributed by atoms with van der Waals surface area (Å²) in [5, 5.41) is 12.9. The van der Waals surface area contributed by atoms with Crippen LogP contribution < -0.4 is 5.32 Å². The van der Waals surface area contributed by atoms with E-state index in [1.165, 1.54) is 0 Å². The first-order chi connectivity index (χ1) is 5.88. The van der Waals surface area contributed by atoms with Crippen molar-refractivity contribution in [3.8, 4) is 0 Å². The molecule has 1 rings (SSSR count). The third-order valence-corrected chi connectivity index (χ3v) is 1.88. The number of aryl methyl sites for hydroxylation is 1. The number of aromatic nitrogens is 1. The van der Waals surface area contributed by atoms with Gasteiger partial charge in [0.15, 0.2) is 0 Å². The zero-order valence-electron chi connectivity index (χ0n) is 7.93. The Labute approximate surface area is 82.8 Å². The number of halogens is 1. The average molecular weight is 201 g/mol. The Morgan fingerprint density at radius 3 is 2.62 bits per heavy atom. The van der Waals surface area contributed by atoms with Crippen molar-refractivity contribution < 1.29 is 5.11 Å². The number of anilines is 1. The molecule has 0 saturated heterocycles. The molecule has 0 aliphatic heterocycles. The summed E-state index contributed by atoms with van der Waals surface area (Å²) in [6, 6.07) is 1.79. The van der Waals surface area contributed by atoms with Crippen molar-refractivity contribution in [1.82, 2.24) is 4.98 Å². The molecular formula is C9H13ClN2O. The first-order valence-electron chi connectivity index (χ1n) is 4.01. The molecule has 0 aliphatic rings. The summed E-state index contributed by atoms with van der Waals surface area (Å²) in [5.41, 5.74) is -0.0313. The second-order valence-corrected chi connectivity index (χ2v) is 3.91. The lowest BCUT2D eigenvalue weighted by Gasteiger charge is -2.20. The molecule has 0 aliphatic carbocycles. The summed E-state index contributed by atoms with van der Waals surface area (Å²) < 4.78 is 0. The molecule has 4 heteroatoms. The molecule has 1 aromatic rings. The standard InChI is InChI=1S/C9H13ClN2O/c1-6-4-8(11-5-7(6)10)12-9(2,3)13/h4-5,13H,1-3H3,(H,11,12). The predicted octanol–water partition coefficient (Wildman–Crippen LogP) is 2.18. The minimum atomic E-state index is -0.965. The highest BCUT2D eigenvalue weighted by Crippen LogP contribution is 2.18. The van der Waals surface area contributed by atoms with Crippen LogP contribution in [-0.4, -0.2) is 15.8 Å². The van der Waals surface area contributed by atoms with Gasteiger partial charge >= 0.3 is 0 Å². The van der Waals surface area contributed by atoms with E-state index in [1.54, 1.807) is 26.1 Å². The molecule has 0 radical (unpaired) electrons. The minimum absolute atomic E-state index is 0.620. The van der Waals surface area contributed by atoms with Crippen LogP contribution in [-0.2, 0) is 0 Å². The van der Waals surface area contributed by atoms with Gasteiger partial charge in [-0.1, -0.05) is 11.6 Å². The van der Waals surface area contributed by atoms with Crippen molar-refractivity contribution in [2.24, 2.45) is 0 Å². The maximum atomic E-state index is 9.45. The van der Waals surface area contributed by atoms with E-state index in [0.717, 1.165) is 5.56 Å². The van der Waals surface area contributed by atoms with Crippen molar-refractivity contribution >= 4 is 17.4 Å². The summed E-state index contributed by atoms with van der Waals surface area (Å²) in [5.74, 6) is 0.620. The Morgan fingerprint density at radius 1 is 1.54 bits per heavy atom. The predicted molar refractivity (Wildman–Crippen MR) is 53.9 cm³/mol. The Bertz CT molecular complexity index is 307.